The molecule has 0 spiro atoms. The second-order valence-corrected chi connectivity index (χ2v) is 11.0. The van der Waals surface area contributed by atoms with Crippen LogP contribution in [0.1, 0.15) is 46.1 Å². The van der Waals surface area contributed by atoms with Gasteiger partial charge in [-0.3, -0.25) is 0 Å². The molecule has 4 aromatic rings. The Hall–Kier alpha value is -3.91. The van der Waals surface area contributed by atoms with Gasteiger partial charge in [0.05, 0.1) is 23.2 Å². The molecule has 8 heteroatoms. The summed E-state index contributed by atoms with van der Waals surface area (Å²) >= 11 is 1.66. The second-order valence-electron chi connectivity index (χ2n) is 9.89. The fourth-order valence-electron chi connectivity index (χ4n) is 5.31. The molecule has 1 aliphatic carbocycles. The number of anilines is 3. The molecule has 7 nitrogen and oxygen atoms in total. The first kappa shape index (κ1) is 25.4. The SMILES string of the molecule is CCOC(=O)c1c(Nc2nc3ccccc3nc2N2CCN(/C=C/c3ccccc3)CC2)sc2c1CCCC2. The predicted molar refractivity (Wildman–Crippen MR) is 159 cm³/mol. The van der Waals surface area contributed by atoms with Crippen LogP contribution in [0.15, 0.2) is 60.8 Å². The van der Waals surface area contributed by atoms with E-state index in [-0.39, 0.29) is 5.97 Å². The van der Waals surface area contributed by atoms with Crippen molar-refractivity contribution in [2.24, 2.45) is 0 Å². The average molecular weight is 540 g/mol. The van der Waals surface area contributed by atoms with Crippen LogP contribution >= 0.6 is 11.3 Å². The zero-order chi connectivity index (χ0) is 26.6. The normalized spacial score (nSPS) is 15.5. The lowest BCUT2D eigenvalue weighted by molar-refractivity contribution is 0.0526. The van der Waals surface area contributed by atoms with Crippen LogP contribution in [-0.4, -0.2) is 53.6 Å². The molecule has 1 aliphatic heterocycles. The number of ether oxygens (including phenoxy) is 1. The molecular weight excluding hydrogens is 506 g/mol. The van der Waals surface area contributed by atoms with E-state index in [0.29, 0.717) is 18.0 Å². The number of esters is 1. The molecule has 0 amide bonds. The number of aromatic nitrogens is 2. The number of aryl methyl sites for hydroxylation is 1. The highest BCUT2D eigenvalue weighted by molar-refractivity contribution is 7.16. The van der Waals surface area contributed by atoms with Crippen molar-refractivity contribution >= 4 is 51.1 Å². The Labute approximate surface area is 233 Å². The number of fused-ring (bicyclic) bond motifs is 2. The summed E-state index contributed by atoms with van der Waals surface area (Å²) in [5.41, 5.74) is 4.70. The quantitative estimate of drug-likeness (QED) is 0.277. The van der Waals surface area contributed by atoms with Gasteiger partial charge in [0.15, 0.2) is 11.6 Å². The number of hydrogen-bond acceptors (Lipinski definition) is 8. The fraction of sp³-hybridized carbons (Fsp3) is 0.323. The molecule has 0 bridgehead atoms. The highest BCUT2D eigenvalue weighted by Crippen LogP contribution is 2.41. The van der Waals surface area contributed by atoms with E-state index in [9.17, 15) is 4.79 Å². The van der Waals surface area contributed by atoms with Crippen LogP contribution in [0.25, 0.3) is 17.1 Å². The summed E-state index contributed by atoms with van der Waals surface area (Å²) in [6.45, 7) is 5.63. The Bertz CT molecular complexity index is 1490. The van der Waals surface area contributed by atoms with Crippen LogP contribution in [0.4, 0.5) is 16.6 Å². The molecule has 1 fully saturated rings. The maximum Gasteiger partial charge on any atom is 0.341 e. The molecule has 200 valence electrons. The van der Waals surface area contributed by atoms with Crippen molar-refractivity contribution in [3.63, 3.8) is 0 Å². The number of hydrogen-bond donors (Lipinski definition) is 1. The van der Waals surface area contributed by atoms with Gasteiger partial charge in [-0.1, -0.05) is 42.5 Å². The molecule has 0 saturated carbocycles. The minimum absolute atomic E-state index is 0.256. The van der Waals surface area contributed by atoms with Crippen LogP contribution in [0.5, 0.6) is 0 Å². The van der Waals surface area contributed by atoms with Gasteiger partial charge in [0.2, 0.25) is 0 Å². The molecule has 3 heterocycles. The summed E-state index contributed by atoms with van der Waals surface area (Å²) in [4.78, 5) is 29.1. The highest BCUT2D eigenvalue weighted by Gasteiger charge is 2.28. The second kappa shape index (κ2) is 11.5. The summed E-state index contributed by atoms with van der Waals surface area (Å²) in [6, 6.07) is 18.3. The van der Waals surface area contributed by atoms with Gasteiger partial charge >= 0.3 is 5.97 Å². The smallest absolute Gasteiger partial charge is 0.341 e. The number of rotatable bonds is 7. The lowest BCUT2D eigenvalue weighted by atomic mass is 9.95. The minimum atomic E-state index is -0.256. The molecule has 1 saturated heterocycles. The number of carbonyl (C=O) groups is 1. The van der Waals surface area contributed by atoms with Crippen LogP contribution in [-0.2, 0) is 17.6 Å². The molecule has 2 aromatic heterocycles. The zero-order valence-corrected chi connectivity index (χ0v) is 23.0. The topological polar surface area (TPSA) is 70.6 Å². The Morgan fingerprint density at radius 3 is 2.46 bits per heavy atom. The van der Waals surface area contributed by atoms with Crippen LogP contribution < -0.4 is 10.2 Å². The number of carbonyl (C=O) groups excluding carboxylic acids is 1. The largest absolute Gasteiger partial charge is 0.462 e. The van der Waals surface area contributed by atoms with Gasteiger partial charge in [-0.25, -0.2) is 14.8 Å². The van der Waals surface area contributed by atoms with Crippen molar-refractivity contribution < 1.29 is 9.53 Å². The number of nitrogens with one attached hydrogen (secondary N) is 1. The van der Waals surface area contributed by atoms with Crippen molar-refractivity contribution in [1.29, 1.82) is 0 Å². The maximum absolute atomic E-state index is 13.1. The maximum atomic E-state index is 13.1. The summed E-state index contributed by atoms with van der Waals surface area (Å²) < 4.78 is 5.48. The molecule has 0 unspecified atom stereocenters. The van der Waals surface area contributed by atoms with E-state index in [0.717, 1.165) is 79.3 Å². The first-order chi connectivity index (χ1) is 19.2. The zero-order valence-electron chi connectivity index (χ0n) is 22.2. The van der Waals surface area contributed by atoms with Gasteiger partial charge in [0.1, 0.15) is 5.00 Å². The van der Waals surface area contributed by atoms with Crippen LogP contribution in [0, 0.1) is 0 Å². The monoisotopic (exact) mass is 539 g/mol. The van der Waals surface area contributed by atoms with Gasteiger partial charge in [-0.15, -0.1) is 11.3 Å². The van der Waals surface area contributed by atoms with Crippen LogP contribution in [0.3, 0.4) is 0 Å². The van der Waals surface area contributed by atoms with Crippen molar-refractivity contribution in [1.82, 2.24) is 14.9 Å². The Morgan fingerprint density at radius 1 is 0.974 bits per heavy atom. The number of benzene rings is 2. The van der Waals surface area contributed by atoms with E-state index in [1.807, 2.05) is 37.3 Å². The molecule has 1 N–H and O–H groups in total. The van der Waals surface area contributed by atoms with E-state index < -0.39 is 0 Å². The van der Waals surface area contributed by atoms with Crippen molar-refractivity contribution in [3.05, 3.63) is 82.4 Å². The van der Waals surface area contributed by atoms with E-state index >= 15 is 0 Å². The molecule has 6 rings (SSSR count). The van der Waals surface area contributed by atoms with Gasteiger partial charge in [-0.05, 0) is 68.1 Å². The van der Waals surface area contributed by atoms with Crippen LogP contribution in [0.2, 0.25) is 0 Å². The summed E-state index contributed by atoms with van der Waals surface area (Å²) in [5.74, 6) is 1.25. The molecule has 0 radical (unpaired) electrons. The van der Waals surface area contributed by atoms with Crippen molar-refractivity contribution in [2.75, 3.05) is 43.0 Å². The number of nitrogens with zero attached hydrogens (tertiary/aromatic N) is 4. The Balaban J connectivity index is 1.30. The standard InChI is InChI=1S/C31H33N5O2S/c1-2-38-31(37)27-23-12-6-9-15-26(23)39-30(27)34-28-29(33-25-14-8-7-13-24(25)32-28)36-20-18-35(19-21-36)17-16-22-10-4-3-5-11-22/h3-5,7-8,10-11,13-14,16-17H,2,6,9,12,15,18-21H2,1H3,(H,32,34)/b17-16+. The number of piperazine rings is 1. The molecule has 39 heavy (non-hydrogen) atoms. The Kier molecular flexibility index (Phi) is 7.45. The van der Waals surface area contributed by atoms with Gasteiger partial charge in [0, 0.05) is 31.1 Å². The third-order valence-corrected chi connectivity index (χ3v) is 8.53. The third-order valence-electron chi connectivity index (χ3n) is 7.33. The minimum Gasteiger partial charge on any atom is -0.462 e. The molecule has 0 atom stereocenters. The molecule has 2 aromatic carbocycles. The fourth-order valence-corrected chi connectivity index (χ4v) is 6.59. The van der Waals surface area contributed by atoms with E-state index in [2.05, 4.69) is 51.7 Å². The lowest BCUT2D eigenvalue weighted by Gasteiger charge is -2.35. The number of thiophene rings is 1. The average Bonchev–Trinajstić information content (AvgIpc) is 3.34. The third kappa shape index (κ3) is 5.47. The van der Waals surface area contributed by atoms with Crippen molar-refractivity contribution in [3.8, 4) is 0 Å². The Morgan fingerprint density at radius 2 is 1.69 bits per heavy atom. The van der Waals surface area contributed by atoms with Gasteiger partial charge in [-0.2, -0.15) is 0 Å². The lowest BCUT2D eigenvalue weighted by Crippen LogP contribution is -2.44. The van der Waals surface area contributed by atoms with E-state index in [1.54, 1.807) is 11.3 Å². The van der Waals surface area contributed by atoms with E-state index in [4.69, 9.17) is 14.7 Å². The van der Waals surface area contributed by atoms with Gasteiger partial charge < -0.3 is 19.9 Å². The van der Waals surface area contributed by atoms with Crippen molar-refractivity contribution in [2.45, 2.75) is 32.6 Å². The first-order valence-corrected chi connectivity index (χ1v) is 14.6. The van der Waals surface area contributed by atoms with E-state index in [1.165, 1.54) is 10.4 Å². The van der Waals surface area contributed by atoms with Gasteiger partial charge in [0.25, 0.3) is 0 Å². The summed E-state index contributed by atoms with van der Waals surface area (Å²) in [6.07, 6.45) is 8.51. The highest BCUT2D eigenvalue weighted by atomic mass is 32.1. The summed E-state index contributed by atoms with van der Waals surface area (Å²) in [5, 5.41) is 4.38. The molecule has 2 aliphatic rings. The molecular formula is C31H33N5O2S. The number of para-hydroxylation sites is 2. The summed E-state index contributed by atoms with van der Waals surface area (Å²) in [7, 11) is 0. The first-order valence-electron chi connectivity index (χ1n) is 13.8. The predicted octanol–water partition coefficient (Wildman–Crippen LogP) is 6.28.